The van der Waals surface area contributed by atoms with Crippen molar-refractivity contribution in [3.8, 4) is 11.5 Å². The van der Waals surface area contributed by atoms with E-state index in [0.29, 0.717) is 48.1 Å². The predicted octanol–water partition coefficient (Wildman–Crippen LogP) is 4.55. The van der Waals surface area contributed by atoms with E-state index >= 15 is 4.79 Å². The van der Waals surface area contributed by atoms with Gasteiger partial charge in [0.2, 0.25) is 0 Å². The van der Waals surface area contributed by atoms with E-state index in [2.05, 4.69) is 9.88 Å². The monoisotopic (exact) mass is 604 g/mol. The maximum absolute atomic E-state index is 15.1. The van der Waals surface area contributed by atoms with Crippen LogP contribution in [0.2, 0.25) is 5.02 Å². The zero-order chi connectivity index (χ0) is 29.5. The summed E-state index contributed by atoms with van der Waals surface area (Å²) in [7, 11) is -1.48. The van der Waals surface area contributed by atoms with Crippen LogP contribution in [0.3, 0.4) is 0 Å². The van der Waals surface area contributed by atoms with Gasteiger partial charge >= 0.3 is 0 Å². The summed E-state index contributed by atoms with van der Waals surface area (Å²) in [4.78, 5) is 23.4. The number of hydrogen-bond acceptors (Lipinski definition) is 8. The van der Waals surface area contributed by atoms with E-state index < -0.39 is 21.5 Å². The average molecular weight is 605 g/mol. The van der Waals surface area contributed by atoms with Gasteiger partial charge in [0.25, 0.3) is 15.9 Å². The van der Waals surface area contributed by atoms with E-state index in [1.165, 1.54) is 20.3 Å². The molecule has 0 radical (unpaired) electrons. The molecule has 1 atom stereocenters. The molecule has 2 aliphatic rings. The topological polar surface area (TPSA) is 92.3 Å². The fourth-order valence-electron chi connectivity index (χ4n) is 6.04. The highest BCUT2D eigenvalue weighted by Crippen LogP contribution is 2.53. The molecular weight excluding hydrogens is 576 g/mol. The first-order chi connectivity index (χ1) is 20.3. The Morgan fingerprint density at radius 3 is 2.21 bits per heavy atom. The number of anilines is 2. The van der Waals surface area contributed by atoms with Crippen molar-refractivity contribution in [2.24, 2.45) is 0 Å². The SMILES string of the molecule is COc1ccccc1C1(N2CCN(c3cccnc3)CC2)C(=O)N(S(=O)(=O)c2ccccc2OC)c2ccc(Cl)cc21. The van der Waals surface area contributed by atoms with Gasteiger partial charge in [-0.3, -0.25) is 14.7 Å². The van der Waals surface area contributed by atoms with Crippen molar-refractivity contribution >= 4 is 38.9 Å². The van der Waals surface area contributed by atoms with E-state index in [4.69, 9.17) is 21.1 Å². The summed E-state index contributed by atoms with van der Waals surface area (Å²) in [6.07, 6.45) is 3.54. The number of halogens is 1. The van der Waals surface area contributed by atoms with Crippen molar-refractivity contribution in [3.05, 3.63) is 107 Å². The Labute approximate surface area is 249 Å². The third-order valence-electron chi connectivity index (χ3n) is 7.91. The first kappa shape index (κ1) is 28.0. The van der Waals surface area contributed by atoms with Crippen LogP contribution in [0, 0.1) is 0 Å². The molecule has 2 aliphatic heterocycles. The van der Waals surface area contributed by atoms with E-state index in [-0.39, 0.29) is 16.3 Å². The number of rotatable bonds is 7. The summed E-state index contributed by atoms with van der Waals surface area (Å²) >= 11 is 6.56. The van der Waals surface area contributed by atoms with Gasteiger partial charge in [-0.05, 0) is 48.5 Å². The minimum atomic E-state index is -4.42. The molecule has 0 N–H and O–H groups in total. The Hall–Kier alpha value is -4.12. The first-order valence-electron chi connectivity index (χ1n) is 13.4. The lowest BCUT2D eigenvalue weighted by molar-refractivity contribution is -0.127. The molecule has 1 saturated heterocycles. The third kappa shape index (κ3) is 4.29. The lowest BCUT2D eigenvalue weighted by atomic mass is 9.81. The molecule has 6 rings (SSSR count). The summed E-state index contributed by atoms with van der Waals surface area (Å²) in [5.41, 5.74) is 0.676. The Morgan fingerprint density at radius 2 is 1.52 bits per heavy atom. The molecule has 42 heavy (non-hydrogen) atoms. The number of pyridine rings is 1. The van der Waals surface area contributed by atoms with E-state index in [0.717, 1.165) is 9.99 Å². The van der Waals surface area contributed by atoms with Gasteiger partial charge < -0.3 is 14.4 Å². The molecule has 1 amide bonds. The van der Waals surface area contributed by atoms with Gasteiger partial charge in [-0.1, -0.05) is 41.9 Å². The second kappa shape index (κ2) is 10.9. The molecule has 3 heterocycles. The number of methoxy groups -OCH3 is 2. The quantitative estimate of drug-likeness (QED) is 0.303. The molecule has 0 bridgehead atoms. The largest absolute Gasteiger partial charge is 0.496 e. The second-order valence-electron chi connectivity index (χ2n) is 9.98. The van der Waals surface area contributed by atoms with Gasteiger partial charge in [-0.15, -0.1) is 0 Å². The van der Waals surface area contributed by atoms with Crippen molar-refractivity contribution < 1.29 is 22.7 Å². The van der Waals surface area contributed by atoms with Crippen LogP contribution in [0.4, 0.5) is 11.4 Å². The minimum absolute atomic E-state index is 0.112. The second-order valence-corrected chi connectivity index (χ2v) is 12.2. The van der Waals surface area contributed by atoms with Crippen LogP contribution < -0.4 is 18.7 Å². The number of fused-ring (bicyclic) bond motifs is 1. The Bertz CT molecular complexity index is 1750. The third-order valence-corrected chi connectivity index (χ3v) is 9.88. The molecule has 9 nitrogen and oxygen atoms in total. The summed E-state index contributed by atoms with van der Waals surface area (Å²) in [6.45, 7) is 2.08. The van der Waals surface area contributed by atoms with Crippen molar-refractivity contribution in [1.29, 1.82) is 0 Å². The number of piperazine rings is 1. The number of hydrogen-bond donors (Lipinski definition) is 0. The van der Waals surface area contributed by atoms with Crippen LogP contribution in [-0.2, 0) is 20.4 Å². The molecule has 216 valence electrons. The van der Waals surface area contributed by atoms with E-state index in [9.17, 15) is 8.42 Å². The Balaban J connectivity index is 1.56. The summed E-state index contributed by atoms with van der Waals surface area (Å²) in [5, 5.41) is 0.381. The molecule has 1 fully saturated rings. The molecule has 1 unspecified atom stereocenters. The Morgan fingerprint density at radius 1 is 0.833 bits per heavy atom. The number of aromatic nitrogens is 1. The number of carbonyl (C=O) groups excluding carboxylic acids is 1. The van der Waals surface area contributed by atoms with E-state index in [1.54, 1.807) is 48.7 Å². The highest BCUT2D eigenvalue weighted by Gasteiger charge is 2.60. The lowest BCUT2D eigenvalue weighted by Gasteiger charge is -2.45. The fourth-order valence-corrected chi connectivity index (χ4v) is 7.83. The number of para-hydroxylation sites is 2. The molecular formula is C31H29ClN4O5S. The van der Waals surface area contributed by atoms with E-state index in [1.807, 2.05) is 41.4 Å². The molecule has 4 aromatic rings. The van der Waals surface area contributed by atoms with Crippen molar-refractivity contribution in [3.63, 3.8) is 0 Å². The van der Waals surface area contributed by atoms with Gasteiger partial charge in [-0.2, -0.15) is 0 Å². The maximum Gasteiger partial charge on any atom is 0.274 e. The van der Waals surface area contributed by atoms with Crippen LogP contribution in [0.5, 0.6) is 11.5 Å². The van der Waals surface area contributed by atoms with Gasteiger partial charge in [0.05, 0.1) is 31.8 Å². The van der Waals surface area contributed by atoms with Crippen LogP contribution in [0.25, 0.3) is 0 Å². The molecule has 0 saturated carbocycles. The van der Waals surface area contributed by atoms with Gasteiger partial charge in [-0.25, -0.2) is 12.7 Å². The Kier molecular flexibility index (Phi) is 7.30. The highest BCUT2D eigenvalue weighted by molar-refractivity contribution is 7.93. The number of ether oxygens (including phenoxy) is 2. The van der Waals surface area contributed by atoms with Crippen LogP contribution >= 0.6 is 11.6 Å². The van der Waals surface area contributed by atoms with Gasteiger partial charge in [0, 0.05) is 48.5 Å². The average Bonchev–Trinajstić information content (AvgIpc) is 3.29. The molecule has 3 aromatic carbocycles. The van der Waals surface area contributed by atoms with Gasteiger partial charge in [0.15, 0.2) is 5.54 Å². The number of nitrogens with zero attached hydrogens (tertiary/aromatic N) is 4. The van der Waals surface area contributed by atoms with Crippen LogP contribution in [-0.4, -0.2) is 64.6 Å². The number of carbonyl (C=O) groups is 1. The molecule has 0 aliphatic carbocycles. The van der Waals surface area contributed by atoms with Crippen LogP contribution in [0.1, 0.15) is 11.1 Å². The predicted molar refractivity (Wildman–Crippen MR) is 161 cm³/mol. The minimum Gasteiger partial charge on any atom is -0.496 e. The number of amides is 1. The normalized spacial score (nSPS) is 19.1. The van der Waals surface area contributed by atoms with Gasteiger partial charge in [0.1, 0.15) is 16.4 Å². The summed E-state index contributed by atoms with van der Waals surface area (Å²) < 4.78 is 40.9. The molecule has 11 heteroatoms. The lowest BCUT2D eigenvalue weighted by Crippen LogP contribution is -2.60. The number of sulfonamides is 1. The smallest absolute Gasteiger partial charge is 0.274 e. The van der Waals surface area contributed by atoms with Crippen molar-refractivity contribution in [2.45, 2.75) is 10.4 Å². The summed E-state index contributed by atoms with van der Waals surface area (Å²) in [5.74, 6) is -0.0336. The standard InChI is InChI=1S/C31H29ClN4O5S/c1-40-27-10-4-3-9-24(27)31(35-18-16-34(17-19-35)23-8-7-15-33-21-23)25-20-22(32)13-14-26(25)36(30(31)37)42(38,39)29-12-6-5-11-28(29)41-2/h3-15,20-21H,16-19H2,1-2H3. The van der Waals surface area contributed by atoms with Crippen LogP contribution in [0.15, 0.2) is 96.2 Å². The number of benzene rings is 3. The molecule has 0 spiro atoms. The summed E-state index contributed by atoms with van der Waals surface area (Å²) in [6, 6.07) is 22.3. The van der Waals surface area contributed by atoms with Crippen molar-refractivity contribution in [2.75, 3.05) is 49.6 Å². The molecule has 1 aromatic heterocycles. The maximum atomic E-state index is 15.1. The van der Waals surface area contributed by atoms with Crippen molar-refractivity contribution in [1.82, 2.24) is 9.88 Å². The highest BCUT2D eigenvalue weighted by atomic mass is 35.5. The zero-order valence-electron chi connectivity index (χ0n) is 23.1. The first-order valence-corrected chi connectivity index (χ1v) is 15.2. The zero-order valence-corrected chi connectivity index (χ0v) is 24.7. The fraction of sp³-hybridized carbons (Fsp3) is 0.226.